The molecule has 1 heterocycles. The third-order valence-corrected chi connectivity index (χ3v) is 3.44. The zero-order chi connectivity index (χ0) is 12.3. The highest BCUT2D eigenvalue weighted by molar-refractivity contribution is 5.16. The lowest BCUT2D eigenvalue weighted by Gasteiger charge is -2.34. The summed E-state index contributed by atoms with van der Waals surface area (Å²) < 4.78 is 5.97. The minimum absolute atomic E-state index is 0.305. The quantitative estimate of drug-likeness (QED) is 0.874. The lowest BCUT2D eigenvalue weighted by atomic mass is 9.76. The van der Waals surface area contributed by atoms with E-state index in [1.807, 2.05) is 18.2 Å². The molecule has 2 rings (SSSR count). The Balaban J connectivity index is 2.00. The summed E-state index contributed by atoms with van der Waals surface area (Å²) >= 11 is 0. The van der Waals surface area contributed by atoms with E-state index in [-0.39, 0.29) is 0 Å². The molecule has 1 saturated carbocycles. The Hall–Kier alpha value is -1.09. The van der Waals surface area contributed by atoms with Gasteiger partial charge < -0.3 is 10.5 Å². The van der Waals surface area contributed by atoms with Crippen molar-refractivity contribution in [2.45, 2.75) is 52.2 Å². The summed E-state index contributed by atoms with van der Waals surface area (Å²) in [5, 5.41) is 0. The Morgan fingerprint density at radius 2 is 2.29 bits per heavy atom. The molecule has 1 aliphatic carbocycles. The minimum atomic E-state index is 0.305. The van der Waals surface area contributed by atoms with E-state index in [0.29, 0.717) is 18.1 Å². The van der Waals surface area contributed by atoms with Crippen LogP contribution in [0.2, 0.25) is 0 Å². The molecule has 1 aromatic rings. The summed E-state index contributed by atoms with van der Waals surface area (Å²) in [6, 6.07) is 5.80. The third-order valence-electron chi connectivity index (χ3n) is 3.44. The molecule has 94 valence electrons. The van der Waals surface area contributed by atoms with Gasteiger partial charge in [-0.3, -0.25) is 0 Å². The van der Waals surface area contributed by atoms with E-state index in [1.165, 1.54) is 12.8 Å². The summed E-state index contributed by atoms with van der Waals surface area (Å²) in [5.41, 5.74) is 6.86. The lowest BCUT2D eigenvalue weighted by molar-refractivity contribution is 0.0812. The normalized spacial score (nSPS) is 23.4. The van der Waals surface area contributed by atoms with Crippen LogP contribution in [0.25, 0.3) is 0 Å². The van der Waals surface area contributed by atoms with Gasteiger partial charge in [-0.2, -0.15) is 0 Å². The highest BCUT2D eigenvalue weighted by atomic mass is 16.5. The number of ether oxygens (including phenoxy) is 1. The van der Waals surface area contributed by atoms with Crippen LogP contribution in [-0.2, 0) is 6.54 Å². The van der Waals surface area contributed by atoms with Crippen LogP contribution < -0.4 is 10.5 Å². The van der Waals surface area contributed by atoms with Gasteiger partial charge in [-0.15, -0.1) is 0 Å². The average molecular weight is 234 g/mol. The van der Waals surface area contributed by atoms with E-state index in [2.05, 4.69) is 18.8 Å². The van der Waals surface area contributed by atoms with Crippen molar-refractivity contribution in [2.75, 3.05) is 0 Å². The molecule has 1 atom stereocenters. The third kappa shape index (κ3) is 3.43. The highest BCUT2D eigenvalue weighted by Crippen LogP contribution is 2.36. The first-order valence-electron chi connectivity index (χ1n) is 6.42. The number of aromatic nitrogens is 1. The van der Waals surface area contributed by atoms with Crippen molar-refractivity contribution >= 4 is 0 Å². The fourth-order valence-corrected chi connectivity index (χ4v) is 2.54. The van der Waals surface area contributed by atoms with Gasteiger partial charge in [-0.25, -0.2) is 4.98 Å². The van der Waals surface area contributed by atoms with Crippen LogP contribution in [0.5, 0.6) is 5.88 Å². The molecule has 0 saturated heterocycles. The van der Waals surface area contributed by atoms with E-state index >= 15 is 0 Å². The van der Waals surface area contributed by atoms with Crippen LogP contribution in [0.1, 0.15) is 45.2 Å². The summed E-state index contributed by atoms with van der Waals surface area (Å²) in [7, 11) is 0. The molecule has 0 radical (unpaired) electrons. The van der Waals surface area contributed by atoms with Crippen molar-refractivity contribution in [2.24, 2.45) is 11.1 Å². The summed E-state index contributed by atoms with van der Waals surface area (Å²) in [6.07, 6.45) is 5.09. The second kappa shape index (κ2) is 5.05. The fourth-order valence-electron chi connectivity index (χ4n) is 2.54. The van der Waals surface area contributed by atoms with Gasteiger partial charge in [0.2, 0.25) is 5.88 Å². The monoisotopic (exact) mass is 234 g/mol. The molecule has 1 fully saturated rings. The molecule has 0 amide bonds. The average Bonchev–Trinajstić information content (AvgIpc) is 2.28. The van der Waals surface area contributed by atoms with Crippen LogP contribution in [0, 0.1) is 5.41 Å². The summed E-state index contributed by atoms with van der Waals surface area (Å²) in [6.45, 7) is 5.09. The van der Waals surface area contributed by atoms with Crippen LogP contribution in [0.3, 0.4) is 0 Å². The zero-order valence-electron chi connectivity index (χ0n) is 10.8. The van der Waals surface area contributed by atoms with Gasteiger partial charge in [0, 0.05) is 12.6 Å². The molecule has 1 aliphatic rings. The number of hydrogen-bond donors (Lipinski definition) is 1. The van der Waals surface area contributed by atoms with Crippen molar-refractivity contribution in [3.63, 3.8) is 0 Å². The maximum atomic E-state index is 5.97. The van der Waals surface area contributed by atoms with Crippen LogP contribution >= 0.6 is 0 Å². The predicted octanol–water partition coefficient (Wildman–Crippen LogP) is 2.89. The van der Waals surface area contributed by atoms with E-state index in [9.17, 15) is 0 Å². The largest absolute Gasteiger partial charge is 0.474 e. The smallest absolute Gasteiger partial charge is 0.213 e. The van der Waals surface area contributed by atoms with Gasteiger partial charge in [-0.05, 0) is 37.2 Å². The van der Waals surface area contributed by atoms with E-state index in [0.717, 1.165) is 24.4 Å². The van der Waals surface area contributed by atoms with Crippen molar-refractivity contribution in [1.82, 2.24) is 4.98 Å². The molecule has 3 nitrogen and oxygen atoms in total. The maximum absolute atomic E-state index is 5.97. The number of nitrogens with zero attached hydrogens (tertiary/aromatic N) is 1. The first-order valence-corrected chi connectivity index (χ1v) is 6.42. The Labute approximate surface area is 103 Å². The number of rotatable bonds is 3. The molecule has 0 aliphatic heterocycles. The number of pyridine rings is 1. The van der Waals surface area contributed by atoms with Crippen LogP contribution in [0.4, 0.5) is 0 Å². The molecule has 1 aromatic heterocycles. The first-order chi connectivity index (χ1) is 8.09. The van der Waals surface area contributed by atoms with Gasteiger partial charge >= 0.3 is 0 Å². The van der Waals surface area contributed by atoms with Gasteiger partial charge in [0.1, 0.15) is 6.10 Å². The summed E-state index contributed by atoms with van der Waals surface area (Å²) in [4.78, 5) is 4.39. The molecule has 1 unspecified atom stereocenters. The standard InChI is InChI=1S/C14H22N2O/c1-14(2)8-4-6-12(9-14)17-13-7-3-5-11(10-15)16-13/h3,5,7,12H,4,6,8-10,15H2,1-2H3. The second-order valence-electron chi connectivity index (χ2n) is 5.67. The number of hydrogen-bond acceptors (Lipinski definition) is 3. The second-order valence-corrected chi connectivity index (χ2v) is 5.67. The van der Waals surface area contributed by atoms with Crippen LogP contribution in [0.15, 0.2) is 18.2 Å². The maximum Gasteiger partial charge on any atom is 0.213 e. The van der Waals surface area contributed by atoms with Crippen molar-refractivity contribution in [1.29, 1.82) is 0 Å². The molecule has 0 spiro atoms. The fraction of sp³-hybridized carbons (Fsp3) is 0.643. The Bertz CT molecular complexity index is 376. The van der Waals surface area contributed by atoms with Crippen molar-refractivity contribution < 1.29 is 4.74 Å². The first kappa shape index (κ1) is 12.4. The van der Waals surface area contributed by atoms with Crippen molar-refractivity contribution in [3.05, 3.63) is 23.9 Å². The molecule has 17 heavy (non-hydrogen) atoms. The van der Waals surface area contributed by atoms with Gasteiger partial charge in [0.05, 0.1) is 5.69 Å². The molecular weight excluding hydrogens is 212 g/mol. The molecular formula is C14H22N2O. The van der Waals surface area contributed by atoms with E-state index in [4.69, 9.17) is 10.5 Å². The van der Waals surface area contributed by atoms with Crippen molar-refractivity contribution in [3.8, 4) is 5.88 Å². The Kier molecular flexibility index (Phi) is 3.67. The zero-order valence-corrected chi connectivity index (χ0v) is 10.8. The van der Waals surface area contributed by atoms with Gasteiger partial charge in [0.15, 0.2) is 0 Å². The summed E-state index contributed by atoms with van der Waals surface area (Å²) in [5.74, 6) is 0.718. The topological polar surface area (TPSA) is 48.1 Å². The molecule has 2 N–H and O–H groups in total. The minimum Gasteiger partial charge on any atom is -0.474 e. The lowest BCUT2D eigenvalue weighted by Crippen LogP contribution is -2.30. The molecule has 0 bridgehead atoms. The Morgan fingerprint density at radius 1 is 1.47 bits per heavy atom. The Morgan fingerprint density at radius 3 is 3.00 bits per heavy atom. The SMILES string of the molecule is CC1(C)CCCC(Oc2cccc(CN)n2)C1. The van der Waals surface area contributed by atoms with E-state index in [1.54, 1.807) is 0 Å². The molecule has 3 heteroatoms. The van der Waals surface area contributed by atoms with E-state index < -0.39 is 0 Å². The van der Waals surface area contributed by atoms with Gasteiger partial charge in [0.25, 0.3) is 0 Å². The highest BCUT2D eigenvalue weighted by Gasteiger charge is 2.29. The molecule has 0 aromatic carbocycles. The van der Waals surface area contributed by atoms with Gasteiger partial charge in [-0.1, -0.05) is 19.9 Å². The number of nitrogens with two attached hydrogens (primary N) is 1. The van der Waals surface area contributed by atoms with Crippen LogP contribution in [-0.4, -0.2) is 11.1 Å². The predicted molar refractivity (Wildman–Crippen MR) is 68.8 cm³/mol.